The van der Waals surface area contributed by atoms with Gasteiger partial charge in [-0.2, -0.15) is 10.2 Å². The smallest absolute Gasteiger partial charge is 0.236 e. The molecule has 0 fully saturated rings. The van der Waals surface area contributed by atoms with E-state index in [1.165, 1.54) is 11.1 Å². The second-order valence-corrected chi connectivity index (χ2v) is 10.7. The highest BCUT2D eigenvalue weighted by Gasteiger charge is 2.47. The van der Waals surface area contributed by atoms with E-state index in [9.17, 15) is 9.59 Å². The van der Waals surface area contributed by atoms with Gasteiger partial charge < -0.3 is 10.6 Å². The molecule has 1 aliphatic rings. The monoisotopic (exact) mass is 502 g/mol. The maximum atomic E-state index is 14.1. The van der Waals surface area contributed by atoms with Crippen molar-refractivity contribution < 1.29 is 9.59 Å². The minimum atomic E-state index is -1.41. The number of allylic oxidation sites excluding steroid dienone is 1. The highest BCUT2D eigenvalue weighted by Crippen LogP contribution is 2.30. The van der Waals surface area contributed by atoms with Gasteiger partial charge in [0.1, 0.15) is 5.41 Å². The highest BCUT2D eigenvalue weighted by atomic mass is 16.2. The average molecular weight is 503 g/mol. The molecule has 4 rings (SSSR count). The summed E-state index contributed by atoms with van der Waals surface area (Å²) < 4.78 is 3.54. The van der Waals surface area contributed by atoms with E-state index in [1.807, 2.05) is 60.0 Å². The van der Waals surface area contributed by atoms with E-state index in [0.717, 1.165) is 23.4 Å². The summed E-state index contributed by atoms with van der Waals surface area (Å²) in [7, 11) is 3.73. The Bertz CT molecular complexity index is 1240. The molecule has 1 aromatic carbocycles. The maximum absolute atomic E-state index is 14.1. The number of hydrogen-bond acceptors (Lipinski definition) is 4. The lowest BCUT2D eigenvalue weighted by molar-refractivity contribution is -0.144. The van der Waals surface area contributed by atoms with Crippen LogP contribution in [0.2, 0.25) is 0 Å². The van der Waals surface area contributed by atoms with Crippen molar-refractivity contribution in [2.75, 3.05) is 6.54 Å². The molecule has 196 valence electrons. The molecule has 2 N–H and O–H groups in total. The second-order valence-electron chi connectivity index (χ2n) is 10.7. The molecule has 8 nitrogen and oxygen atoms in total. The minimum absolute atomic E-state index is 0.174. The molecule has 0 radical (unpaired) electrons. The van der Waals surface area contributed by atoms with Crippen LogP contribution in [0.15, 0.2) is 36.4 Å². The Kier molecular flexibility index (Phi) is 7.66. The molecular formula is C29H38N6O2. The van der Waals surface area contributed by atoms with Crippen molar-refractivity contribution in [1.82, 2.24) is 30.2 Å². The standard InChI is InChI=1S/C29H38N6O2/c1-19(2)17-30-27(36)29(15-25-12-20(3)34(5)32-25,16-26-13-21(4)35(6)33-26)28(37)31-18-22-10-11-23-8-7-9-24(23)14-22/h7,9-14,19H,8,15-18H2,1-6H3,(H,30,36)(H,31,37). The molecule has 37 heavy (non-hydrogen) atoms. The molecule has 8 heteroatoms. The SMILES string of the molecule is Cc1cc(CC(Cc2cc(C)n(C)n2)(C(=O)NCc2ccc3c(c2)C=CC3)C(=O)NCC(C)C)nn1C. The number of aryl methyl sites for hydroxylation is 4. The third-order valence-electron chi connectivity index (χ3n) is 7.13. The number of nitrogens with one attached hydrogen (secondary N) is 2. The zero-order chi connectivity index (χ0) is 26.7. The normalized spacial score (nSPS) is 12.7. The average Bonchev–Trinajstić information content (AvgIpc) is 3.53. The Labute approximate surface area is 219 Å². The number of aromatic nitrogens is 4. The van der Waals surface area contributed by atoms with Crippen LogP contribution >= 0.6 is 0 Å². The van der Waals surface area contributed by atoms with Crippen LogP contribution in [-0.2, 0) is 49.5 Å². The van der Waals surface area contributed by atoms with E-state index in [2.05, 4.69) is 45.1 Å². The van der Waals surface area contributed by atoms with E-state index in [1.54, 1.807) is 9.36 Å². The quantitative estimate of drug-likeness (QED) is 0.417. The molecule has 3 aromatic rings. The topological polar surface area (TPSA) is 93.8 Å². The zero-order valence-electron chi connectivity index (χ0n) is 22.8. The number of benzene rings is 1. The fourth-order valence-electron chi connectivity index (χ4n) is 4.77. The molecule has 0 aliphatic heterocycles. The number of amides is 2. The van der Waals surface area contributed by atoms with Crippen molar-refractivity contribution in [2.24, 2.45) is 25.4 Å². The summed E-state index contributed by atoms with van der Waals surface area (Å²) in [5.74, 6) is -0.378. The first-order chi connectivity index (χ1) is 17.6. The third-order valence-corrected chi connectivity index (χ3v) is 7.13. The first-order valence-corrected chi connectivity index (χ1v) is 12.9. The van der Waals surface area contributed by atoms with E-state index in [4.69, 9.17) is 0 Å². The summed E-state index contributed by atoms with van der Waals surface area (Å²) >= 11 is 0. The summed E-state index contributed by atoms with van der Waals surface area (Å²) in [5, 5.41) is 15.3. The van der Waals surface area contributed by atoms with Gasteiger partial charge in [-0.25, -0.2) is 0 Å². The van der Waals surface area contributed by atoms with Crippen LogP contribution in [0.1, 0.15) is 53.3 Å². The number of fused-ring (bicyclic) bond motifs is 1. The van der Waals surface area contributed by atoms with Crippen molar-refractivity contribution in [3.8, 4) is 0 Å². The van der Waals surface area contributed by atoms with Crippen LogP contribution in [0.3, 0.4) is 0 Å². The molecule has 0 atom stereocenters. The van der Waals surface area contributed by atoms with Crippen LogP contribution in [-0.4, -0.2) is 37.9 Å². The Morgan fingerprint density at radius 3 is 2.08 bits per heavy atom. The van der Waals surface area contributed by atoms with Crippen molar-refractivity contribution in [3.63, 3.8) is 0 Å². The van der Waals surface area contributed by atoms with Crippen LogP contribution < -0.4 is 10.6 Å². The van der Waals surface area contributed by atoms with Gasteiger partial charge in [-0.1, -0.05) is 38.1 Å². The van der Waals surface area contributed by atoms with Gasteiger partial charge in [0.25, 0.3) is 0 Å². The lowest BCUT2D eigenvalue weighted by Gasteiger charge is -2.31. The van der Waals surface area contributed by atoms with Crippen molar-refractivity contribution in [1.29, 1.82) is 0 Å². The van der Waals surface area contributed by atoms with E-state index in [0.29, 0.717) is 24.5 Å². The Balaban J connectivity index is 1.69. The summed E-state index contributed by atoms with van der Waals surface area (Å²) in [6, 6.07) is 10.1. The summed E-state index contributed by atoms with van der Waals surface area (Å²) in [4.78, 5) is 28.0. The third kappa shape index (κ3) is 5.84. The van der Waals surface area contributed by atoms with Gasteiger partial charge in [-0.15, -0.1) is 0 Å². The van der Waals surface area contributed by atoms with E-state index in [-0.39, 0.29) is 30.6 Å². The van der Waals surface area contributed by atoms with Crippen LogP contribution in [0.5, 0.6) is 0 Å². The van der Waals surface area contributed by atoms with Crippen LogP contribution in [0.25, 0.3) is 6.08 Å². The maximum Gasteiger partial charge on any atom is 0.236 e. The van der Waals surface area contributed by atoms with Gasteiger partial charge in [-0.3, -0.25) is 19.0 Å². The molecule has 2 heterocycles. The summed E-state index contributed by atoms with van der Waals surface area (Å²) in [6.07, 6.45) is 5.53. The van der Waals surface area contributed by atoms with Crippen molar-refractivity contribution >= 4 is 17.9 Å². The molecule has 2 amide bonds. The van der Waals surface area contributed by atoms with Gasteiger partial charge >= 0.3 is 0 Å². The van der Waals surface area contributed by atoms with Crippen LogP contribution in [0.4, 0.5) is 0 Å². The van der Waals surface area contributed by atoms with Gasteiger partial charge in [0.05, 0.1) is 11.4 Å². The van der Waals surface area contributed by atoms with Crippen LogP contribution in [0, 0.1) is 25.2 Å². The fourth-order valence-corrected chi connectivity index (χ4v) is 4.77. The lowest BCUT2D eigenvalue weighted by atomic mass is 9.76. The van der Waals surface area contributed by atoms with Gasteiger partial charge in [-0.05, 0) is 61.1 Å². The molecule has 0 bridgehead atoms. The van der Waals surface area contributed by atoms with E-state index >= 15 is 0 Å². The molecular weight excluding hydrogens is 464 g/mol. The summed E-state index contributed by atoms with van der Waals surface area (Å²) in [6.45, 7) is 8.81. The Hall–Kier alpha value is -3.68. The summed E-state index contributed by atoms with van der Waals surface area (Å²) in [5.41, 5.74) is 5.38. The van der Waals surface area contributed by atoms with E-state index < -0.39 is 5.41 Å². The number of nitrogens with zero attached hydrogens (tertiary/aromatic N) is 4. The Morgan fingerprint density at radius 1 is 0.946 bits per heavy atom. The molecule has 0 saturated heterocycles. The van der Waals surface area contributed by atoms with Gasteiger partial charge in [0, 0.05) is 51.4 Å². The fraction of sp³-hybridized carbons (Fsp3) is 0.448. The molecule has 0 spiro atoms. The minimum Gasteiger partial charge on any atom is -0.355 e. The van der Waals surface area contributed by atoms with Crippen molar-refractivity contribution in [3.05, 3.63) is 75.9 Å². The van der Waals surface area contributed by atoms with Crippen molar-refractivity contribution in [2.45, 2.75) is 53.5 Å². The number of carbonyl (C=O) groups excluding carboxylic acids is 2. The molecule has 0 unspecified atom stereocenters. The molecule has 2 aromatic heterocycles. The Morgan fingerprint density at radius 2 is 1.54 bits per heavy atom. The number of hydrogen-bond donors (Lipinski definition) is 2. The van der Waals surface area contributed by atoms with Gasteiger partial charge in [0.15, 0.2) is 0 Å². The van der Waals surface area contributed by atoms with Gasteiger partial charge in [0.2, 0.25) is 11.8 Å². The highest BCUT2D eigenvalue weighted by molar-refractivity contribution is 6.05. The molecule has 0 saturated carbocycles. The zero-order valence-corrected chi connectivity index (χ0v) is 22.8. The first kappa shape index (κ1) is 26.4. The number of rotatable bonds is 10. The molecule has 1 aliphatic carbocycles. The predicted molar refractivity (Wildman–Crippen MR) is 145 cm³/mol. The predicted octanol–water partition coefficient (Wildman–Crippen LogP) is 3.20. The first-order valence-electron chi connectivity index (χ1n) is 12.9. The second kappa shape index (κ2) is 10.7. The number of carbonyl (C=O) groups is 2. The lowest BCUT2D eigenvalue weighted by Crippen LogP contribution is -2.54. The largest absolute Gasteiger partial charge is 0.355 e.